The number of carbonyl (C=O) groups is 4. The monoisotopic (exact) mass is 1800 g/mol. The van der Waals surface area contributed by atoms with E-state index in [1.807, 2.05) is 85.9 Å². The van der Waals surface area contributed by atoms with Crippen LogP contribution in [0.1, 0.15) is 123 Å². The fourth-order valence-corrected chi connectivity index (χ4v) is 15.6. The van der Waals surface area contributed by atoms with E-state index in [0.29, 0.717) is 45.8 Å². The standard InChI is InChI=1S/C29H30N6O.C24H28N6O.C23H25FN6O.C20H19IN6O/c1-21(2)23-10-11-25(26(19-23)34-15-17-35(18-16-34)27-20-30-13-14-31-27)33-29(36)24-9-6-12-32-28(24)22-7-4-3-5-8-22;1-17(2)19-6-7-21(28-24(31)20-5-4-8-25-15-20)22(13-19)29-9-11-30(12-10-29)23-16-26-14-18(3)27-23;1-16(2)17-5-6-19(28-23(31)18-4-3-7-27-22(18)24)20(14-17)29-10-12-30(13-11-29)21-15-25-8-9-26-21;21-16-3-4-17(25-20(28)15-2-1-5-22-13-15)18(12-16)26-8-10-27(11-9-26)19-14-23-6-7-24-19/h3-14,19-21H,15-18H2,1-2H3,(H,33,36);4-8,13-17H,9-12H2,1-3H3,(H,28,31);3-9,14-16H,10-13H2,1-2H3,(H,28,31);1-7,12-14H,8-11H2,(H,25,28). The minimum absolute atomic E-state index is 0.0751. The number of amides is 4. The van der Waals surface area contributed by atoms with Crippen molar-refractivity contribution in [2.75, 3.05) is 165 Å². The van der Waals surface area contributed by atoms with Crippen LogP contribution in [-0.4, -0.2) is 188 Å². The minimum atomic E-state index is -0.780. The molecule has 126 heavy (non-hydrogen) atoms. The fraction of sp³-hybridized carbons (Fsp3) is 0.271. The molecule has 4 N–H and O–H groups in total. The zero-order valence-corrected chi connectivity index (χ0v) is 73.8. The van der Waals surface area contributed by atoms with Crippen LogP contribution in [0.15, 0.2) is 257 Å². The molecule has 12 heterocycles. The van der Waals surface area contributed by atoms with Crippen molar-refractivity contribution < 1.29 is 23.6 Å². The number of hydrogen-bond acceptors (Lipinski definition) is 24. The second kappa shape index (κ2) is 42.8. The third kappa shape index (κ3) is 23.1. The number of pyridine rings is 4. The van der Waals surface area contributed by atoms with Gasteiger partial charge in [-0.25, -0.2) is 24.9 Å². The maximum atomic E-state index is 14.0. The number of nitrogens with one attached hydrogen (secondary N) is 4. The third-order valence-corrected chi connectivity index (χ3v) is 22.8. The van der Waals surface area contributed by atoms with Gasteiger partial charge in [-0.1, -0.05) is 90.1 Å². The Morgan fingerprint density at radius 2 is 0.675 bits per heavy atom. The van der Waals surface area contributed by atoms with Crippen molar-refractivity contribution >= 4 is 115 Å². The number of rotatable bonds is 20. The summed E-state index contributed by atoms with van der Waals surface area (Å²) in [5, 5.41) is 12.2. The van der Waals surface area contributed by atoms with E-state index in [1.54, 1.807) is 129 Å². The van der Waals surface area contributed by atoms with Gasteiger partial charge in [-0.05, 0) is 167 Å². The Morgan fingerprint density at radius 1 is 0.325 bits per heavy atom. The van der Waals surface area contributed by atoms with Crippen molar-refractivity contribution in [2.24, 2.45) is 0 Å². The van der Waals surface area contributed by atoms with Crippen molar-refractivity contribution in [3.63, 3.8) is 0 Å². The molecule has 0 spiro atoms. The Balaban J connectivity index is 0.000000137. The number of halogens is 2. The second-order valence-corrected chi connectivity index (χ2v) is 32.7. The molecule has 4 aliphatic rings. The Kier molecular flexibility index (Phi) is 30.0. The fourth-order valence-electron chi connectivity index (χ4n) is 15.1. The van der Waals surface area contributed by atoms with E-state index >= 15 is 0 Å². The lowest BCUT2D eigenvalue weighted by molar-refractivity contribution is 0.101. The number of anilines is 12. The molecule has 8 aromatic heterocycles. The van der Waals surface area contributed by atoms with Crippen molar-refractivity contribution in [3.8, 4) is 11.3 Å². The number of nitrogens with zero attached hydrogens (tertiary/aromatic N) is 20. The van der Waals surface area contributed by atoms with Crippen LogP contribution < -0.4 is 60.5 Å². The molecule has 17 rings (SSSR count). The summed E-state index contributed by atoms with van der Waals surface area (Å²) in [5.74, 6) is 2.94. The Morgan fingerprint density at radius 3 is 1.06 bits per heavy atom. The van der Waals surface area contributed by atoms with Crippen LogP contribution in [0.25, 0.3) is 11.3 Å². The molecule has 0 aliphatic carbocycles. The molecular weight excluding hydrogens is 1700 g/mol. The number of aromatic nitrogens is 12. The van der Waals surface area contributed by atoms with Crippen LogP contribution in [-0.2, 0) is 0 Å². The van der Waals surface area contributed by atoms with Gasteiger partial charge in [-0.2, -0.15) is 4.39 Å². The van der Waals surface area contributed by atoms with Crippen LogP contribution in [0, 0.1) is 16.4 Å². The molecule has 4 saturated heterocycles. The number of aryl methyl sites for hydroxylation is 1. The molecule has 644 valence electrons. The van der Waals surface area contributed by atoms with Crippen LogP contribution in [0.2, 0.25) is 0 Å². The average Bonchev–Trinajstić information content (AvgIpc) is 0.812. The number of carbonyl (C=O) groups excluding carboxylic acids is 4. The van der Waals surface area contributed by atoms with Gasteiger partial charge in [-0.15, -0.1) is 0 Å². The van der Waals surface area contributed by atoms with Gasteiger partial charge < -0.3 is 60.5 Å². The van der Waals surface area contributed by atoms with Crippen LogP contribution in [0.4, 0.5) is 73.2 Å². The zero-order valence-electron chi connectivity index (χ0n) is 71.6. The highest BCUT2D eigenvalue weighted by molar-refractivity contribution is 14.1. The SMILES string of the molecule is CC(C)c1ccc(NC(=O)c2cccnc2-c2ccccc2)c(N2CCN(c3cnccn3)CC2)c1.CC(C)c1ccc(NC(=O)c2cccnc2F)c(N2CCN(c3cnccn3)CC2)c1.Cc1cncc(N2CCN(c3cc(C(C)C)ccc3NC(=O)c3cccnc3)CC2)n1.O=C(Nc1ccc(I)cc1N1CCN(c2cnccn2)CC1)c1cccnc1. The number of hydrogen-bond donors (Lipinski definition) is 4. The average molecular weight is 1800 g/mol. The number of piperazine rings is 4. The molecule has 0 atom stereocenters. The minimum Gasteiger partial charge on any atom is -0.366 e. The molecule has 0 unspecified atom stereocenters. The Bertz CT molecular complexity index is 5770. The highest BCUT2D eigenvalue weighted by Crippen LogP contribution is 2.38. The molecule has 13 aromatic rings. The van der Waals surface area contributed by atoms with Crippen molar-refractivity contribution in [1.29, 1.82) is 0 Å². The van der Waals surface area contributed by atoms with Gasteiger partial charge >= 0.3 is 0 Å². The van der Waals surface area contributed by atoms with Crippen molar-refractivity contribution in [1.82, 2.24) is 59.8 Å². The number of benzene rings is 5. The van der Waals surface area contributed by atoms with Gasteiger partial charge in [0.25, 0.3) is 23.6 Å². The van der Waals surface area contributed by atoms with E-state index < -0.39 is 11.9 Å². The lowest BCUT2D eigenvalue weighted by Crippen LogP contribution is -2.47. The molecule has 4 amide bonds. The molecular formula is C96H102FIN24O4. The predicted octanol–water partition coefficient (Wildman–Crippen LogP) is 15.9. The first kappa shape index (κ1) is 88.3. The van der Waals surface area contributed by atoms with E-state index in [-0.39, 0.29) is 23.3 Å². The molecule has 4 fully saturated rings. The van der Waals surface area contributed by atoms with Gasteiger partial charge in [-0.3, -0.25) is 54.1 Å². The summed E-state index contributed by atoms with van der Waals surface area (Å²) in [7, 11) is 0. The second-order valence-electron chi connectivity index (χ2n) is 31.5. The first-order chi connectivity index (χ1) is 61.3. The van der Waals surface area contributed by atoms with Crippen molar-refractivity contribution in [2.45, 2.75) is 66.2 Å². The van der Waals surface area contributed by atoms with Gasteiger partial charge in [0.2, 0.25) is 5.95 Å². The summed E-state index contributed by atoms with van der Waals surface area (Å²) >= 11 is 2.30. The van der Waals surface area contributed by atoms with E-state index in [1.165, 1.54) is 29.0 Å². The predicted molar refractivity (Wildman–Crippen MR) is 505 cm³/mol. The van der Waals surface area contributed by atoms with Gasteiger partial charge in [0.05, 0.1) is 104 Å². The van der Waals surface area contributed by atoms with Crippen molar-refractivity contribution in [3.05, 3.63) is 311 Å². The first-order valence-corrected chi connectivity index (χ1v) is 43.4. The zero-order chi connectivity index (χ0) is 87.8. The maximum Gasteiger partial charge on any atom is 0.260 e. The highest BCUT2D eigenvalue weighted by Gasteiger charge is 2.29. The molecule has 5 aromatic carbocycles. The van der Waals surface area contributed by atoms with E-state index in [4.69, 9.17) is 0 Å². The third-order valence-electron chi connectivity index (χ3n) is 22.1. The van der Waals surface area contributed by atoms with E-state index in [2.05, 4.69) is 221 Å². The summed E-state index contributed by atoms with van der Waals surface area (Å²) in [6.45, 7) is 28.1. The van der Waals surface area contributed by atoms with E-state index in [0.717, 1.165) is 183 Å². The quantitative estimate of drug-likeness (QED) is 0.0407. The topological polar surface area (TPSA) is 297 Å². The Hall–Kier alpha value is -14.0. The highest BCUT2D eigenvalue weighted by atomic mass is 127. The van der Waals surface area contributed by atoms with Gasteiger partial charge in [0.1, 0.15) is 23.3 Å². The van der Waals surface area contributed by atoms with Crippen LogP contribution in [0.3, 0.4) is 0 Å². The summed E-state index contributed by atoms with van der Waals surface area (Å²) in [6, 6.07) is 48.2. The largest absolute Gasteiger partial charge is 0.366 e. The summed E-state index contributed by atoms with van der Waals surface area (Å²) < 4.78 is 15.1. The molecule has 0 bridgehead atoms. The normalized spacial score (nSPS) is 13.9. The molecule has 0 radical (unpaired) electrons. The lowest BCUT2D eigenvalue weighted by Gasteiger charge is -2.37. The maximum absolute atomic E-state index is 14.0. The van der Waals surface area contributed by atoms with Crippen LogP contribution >= 0.6 is 22.6 Å². The van der Waals surface area contributed by atoms with Gasteiger partial charge in [0.15, 0.2) is 0 Å². The van der Waals surface area contributed by atoms with Crippen LogP contribution in [0.5, 0.6) is 0 Å². The summed E-state index contributed by atoms with van der Waals surface area (Å²) in [4.78, 5) is 120. The first-order valence-electron chi connectivity index (χ1n) is 42.3. The van der Waals surface area contributed by atoms with Gasteiger partial charge in [0, 0.05) is 194 Å². The summed E-state index contributed by atoms with van der Waals surface area (Å²) in [5.41, 5.74) is 14.9. The molecule has 28 nitrogen and oxygen atoms in total. The smallest absolute Gasteiger partial charge is 0.260 e. The molecule has 4 aliphatic heterocycles. The Labute approximate surface area is 747 Å². The lowest BCUT2D eigenvalue weighted by atomic mass is 10.0. The molecule has 30 heteroatoms. The van der Waals surface area contributed by atoms with E-state index in [9.17, 15) is 23.6 Å². The molecule has 0 saturated carbocycles. The summed E-state index contributed by atoms with van der Waals surface area (Å²) in [6.07, 6.45) is 28.7.